The summed E-state index contributed by atoms with van der Waals surface area (Å²) in [6, 6.07) is 0.710. The monoisotopic (exact) mass is 326 g/mol. The summed E-state index contributed by atoms with van der Waals surface area (Å²) in [5.74, 6) is -0.526. The molecular weight excluding hydrogens is 304 g/mol. The lowest BCUT2D eigenvalue weighted by molar-refractivity contribution is -0.155. The summed E-state index contributed by atoms with van der Waals surface area (Å²) in [5.41, 5.74) is 10.6. The third kappa shape index (κ3) is 3.87. The van der Waals surface area contributed by atoms with Crippen LogP contribution in [0.15, 0.2) is 17.1 Å². The van der Waals surface area contributed by atoms with Gasteiger partial charge in [-0.1, -0.05) is 13.8 Å². The fourth-order valence-corrected chi connectivity index (χ4v) is 2.30. The van der Waals surface area contributed by atoms with Crippen LogP contribution >= 0.6 is 0 Å². The number of ether oxygens (including phenoxy) is 2. The first-order chi connectivity index (χ1) is 10.8. The van der Waals surface area contributed by atoms with Gasteiger partial charge < -0.3 is 26.0 Å². The first kappa shape index (κ1) is 17.4. The van der Waals surface area contributed by atoms with Crippen molar-refractivity contribution in [3.05, 3.63) is 22.7 Å². The van der Waals surface area contributed by atoms with E-state index in [4.69, 9.17) is 20.9 Å². The quantitative estimate of drug-likeness (QED) is 0.585. The minimum atomic E-state index is -0.755. The molecule has 1 saturated heterocycles. The number of carbonyl (C=O) groups is 1. The molecule has 1 aliphatic heterocycles. The molecule has 1 aliphatic rings. The summed E-state index contributed by atoms with van der Waals surface area (Å²) in [6.07, 6.45) is -0.443. The molecule has 0 aliphatic carbocycles. The number of aliphatic hydroxyl groups is 1. The molecule has 0 radical (unpaired) electrons. The molecule has 0 saturated carbocycles. The molecule has 0 aromatic carbocycles. The highest BCUT2D eigenvalue weighted by atomic mass is 16.6. The average Bonchev–Trinajstić information content (AvgIpc) is 2.88. The number of aliphatic hydroxyl groups excluding tert-OH is 1. The zero-order chi connectivity index (χ0) is 17.1. The van der Waals surface area contributed by atoms with Crippen LogP contribution in [-0.2, 0) is 14.3 Å². The number of nitrogens with two attached hydrogens (primary N) is 2. The number of carbonyl (C=O) groups excluding carboxylic acids is 1. The highest BCUT2D eigenvalue weighted by Gasteiger charge is 2.39. The van der Waals surface area contributed by atoms with Crippen LogP contribution in [0.4, 0.5) is 5.82 Å². The normalized spacial score (nSPS) is 25.5. The van der Waals surface area contributed by atoms with Crippen LogP contribution in [0, 0.1) is 5.92 Å². The van der Waals surface area contributed by atoms with Gasteiger partial charge in [0.2, 0.25) is 0 Å². The number of aromatic nitrogens is 2. The van der Waals surface area contributed by atoms with E-state index in [-0.39, 0.29) is 24.8 Å². The van der Waals surface area contributed by atoms with Crippen molar-refractivity contribution in [2.45, 2.75) is 44.7 Å². The van der Waals surface area contributed by atoms with Crippen molar-refractivity contribution in [1.29, 1.82) is 0 Å². The van der Waals surface area contributed by atoms with E-state index in [1.54, 1.807) is 0 Å². The smallest absolute Gasteiger partial charge is 0.351 e. The number of anilines is 1. The average molecular weight is 326 g/mol. The second-order valence-electron chi connectivity index (χ2n) is 5.83. The van der Waals surface area contributed by atoms with Crippen molar-refractivity contribution in [1.82, 2.24) is 9.55 Å². The van der Waals surface area contributed by atoms with Crippen LogP contribution in [-0.4, -0.2) is 45.5 Å². The lowest BCUT2D eigenvalue weighted by Crippen LogP contribution is -2.41. The Hall–Kier alpha value is -1.97. The van der Waals surface area contributed by atoms with E-state index in [0.717, 1.165) is 0 Å². The number of nitrogen functional groups attached to an aromatic ring is 1. The number of nitrogens with zero attached hydrogens (tertiary/aromatic N) is 2. The maximum absolute atomic E-state index is 12.0. The SMILES string of the molecule is CC(C)[C@H](N)C(=O)O[C@@H]1CC(n2ccc(N)nc2=O)O[C@H]1CO. The van der Waals surface area contributed by atoms with E-state index in [2.05, 4.69) is 4.98 Å². The second-order valence-corrected chi connectivity index (χ2v) is 5.83. The van der Waals surface area contributed by atoms with E-state index in [1.807, 2.05) is 13.8 Å². The standard InChI is InChI=1S/C14H22N4O5/c1-7(2)12(16)13(20)23-8-5-11(22-9(8)6-19)18-4-3-10(15)17-14(18)21/h3-4,7-9,11-12,19H,5-6,16H2,1-2H3,(H2,15,17,21)/t8-,9+,11?,12+/m1/s1. The molecule has 0 spiro atoms. The molecule has 5 N–H and O–H groups in total. The van der Waals surface area contributed by atoms with Gasteiger partial charge in [0, 0.05) is 12.6 Å². The van der Waals surface area contributed by atoms with Gasteiger partial charge in [0.1, 0.15) is 30.3 Å². The van der Waals surface area contributed by atoms with E-state index in [9.17, 15) is 14.7 Å². The molecule has 2 heterocycles. The van der Waals surface area contributed by atoms with E-state index < -0.39 is 36.1 Å². The van der Waals surface area contributed by atoms with Crippen LogP contribution in [0.5, 0.6) is 0 Å². The fraction of sp³-hybridized carbons (Fsp3) is 0.643. The van der Waals surface area contributed by atoms with Crippen molar-refractivity contribution >= 4 is 11.8 Å². The van der Waals surface area contributed by atoms with Crippen molar-refractivity contribution in [3.63, 3.8) is 0 Å². The lowest BCUT2D eigenvalue weighted by atomic mass is 10.1. The van der Waals surface area contributed by atoms with Gasteiger partial charge in [-0.2, -0.15) is 4.98 Å². The number of hydrogen-bond acceptors (Lipinski definition) is 8. The van der Waals surface area contributed by atoms with Gasteiger partial charge in [-0.15, -0.1) is 0 Å². The van der Waals surface area contributed by atoms with Gasteiger partial charge in [0.05, 0.1) is 6.61 Å². The van der Waals surface area contributed by atoms with Crippen molar-refractivity contribution in [2.24, 2.45) is 11.7 Å². The highest BCUT2D eigenvalue weighted by molar-refractivity contribution is 5.76. The zero-order valence-corrected chi connectivity index (χ0v) is 13.1. The molecule has 9 nitrogen and oxygen atoms in total. The molecule has 1 fully saturated rings. The first-order valence-electron chi connectivity index (χ1n) is 7.40. The molecule has 2 rings (SSSR count). The van der Waals surface area contributed by atoms with Gasteiger partial charge in [0.25, 0.3) is 0 Å². The molecule has 23 heavy (non-hydrogen) atoms. The Bertz CT molecular complexity index is 617. The summed E-state index contributed by atoms with van der Waals surface area (Å²) in [7, 11) is 0. The summed E-state index contributed by atoms with van der Waals surface area (Å²) in [5, 5.41) is 9.40. The Kier molecular flexibility index (Phi) is 5.34. The second kappa shape index (κ2) is 7.07. The summed E-state index contributed by atoms with van der Waals surface area (Å²) in [6.45, 7) is 3.27. The van der Waals surface area contributed by atoms with Gasteiger partial charge in [-0.25, -0.2) is 4.79 Å². The van der Waals surface area contributed by atoms with Crippen LogP contribution in [0.2, 0.25) is 0 Å². The first-order valence-corrected chi connectivity index (χ1v) is 7.40. The molecule has 1 aromatic rings. The molecule has 128 valence electrons. The minimum Gasteiger partial charge on any atom is -0.458 e. The van der Waals surface area contributed by atoms with E-state index in [0.29, 0.717) is 0 Å². The predicted octanol–water partition coefficient (Wildman–Crippen LogP) is -1.000. The summed E-state index contributed by atoms with van der Waals surface area (Å²) >= 11 is 0. The summed E-state index contributed by atoms with van der Waals surface area (Å²) < 4.78 is 12.2. The Morgan fingerprint density at radius 1 is 1.61 bits per heavy atom. The van der Waals surface area contributed by atoms with Gasteiger partial charge >= 0.3 is 11.7 Å². The summed E-state index contributed by atoms with van der Waals surface area (Å²) in [4.78, 5) is 27.4. The molecule has 4 atom stereocenters. The van der Waals surface area contributed by atoms with Crippen LogP contribution in [0.1, 0.15) is 26.5 Å². The Labute approximate surface area is 133 Å². The lowest BCUT2D eigenvalue weighted by Gasteiger charge is -2.20. The van der Waals surface area contributed by atoms with Crippen molar-refractivity contribution < 1.29 is 19.4 Å². The fourth-order valence-electron chi connectivity index (χ4n) is 2.30. The third-order valence-corrected chi connectivity index (χ3v) is 3.78. The van der Waals surface area contributed by atoms with Gasteiger partial charge in [-0.05, 0) is 12.0 Å². The molecule has 9 heteroatoms. The molecular formula is C14H22N4O5. The molecule has 1 aromatic heterocycles. The predicted molar refractivity (Wildman–Crippen MR) is 81.2 cm³/mol. The van der Waals surface area contributed by atoms with Crippen LogP contribution in [0.25, 0.3) is 0 Å². The number of rotatable bonds is 5. The van der Waals surface area contributed by atoms with E-state index in [1.165, 1.54) is 16.8 Å². The Morgan fingerprint density at radius 3 is 2.87 bits per heavy atom. The zero-order valence-electron chi connectivity index (χ0n) is 13.1. The maximum atomic E-state index is 12.0. The number of hydrogen-bond donors (Lipinski definition) is 3. The number of esters is 1. The maximum Gasteiger partial charge on any atom is 0.351 e. The van der Waals surface area contributed by atoms with Crippen LogP contribution < -0.4 is 17.2 Å². The molecule has 0 amide bonds. The Balaban J connectivity index is 2.11. The van der Waals surface area contributed by atoms with Crippen molar-refractivity contribution in [3.8, 4) is 0 Å². The largest absolute Gasteiger partial charge is 0.458 e. The van der Waals surface area contributed by atoms with E-state index >= 15 is 0 Å². The Morgan fingerprint density at radius 2 is 2.30 bits per heavy atom. The van der Waals surface area contributed by atoms with Gasteiger partial charge in [-0.3, -0.25) is 9.36 Å². The van der Waals surface area contributed by atoms with Crippen LogP contribution in [0.3, 0.4) is 0 Å². The topological polar surface area (TPSA) is 143 Å². The third-order valence-electron chi connectivity index (χ3n) is 3.78. The molecule has 0 bridgehead atoms. The molecule has 1 unspecified atom stereocenters. The van der Waals surface area contributed by atoms with Gasteiger partial charge in [0.15, 0.2) is 0 Å². The highest BCUT2D eigenvalue weighted by Crippen LogP contribution is 2.30. The minimum absolute atomic E-state index is 0.0721. The van der Waals surface area contributed by atoms with Crippen molar-refractivity contribution in [2.75, 3.05) is 12.3 Å².